The number of benzene rings is 2. The SMILES string of the molecule is CCCC1(O)c2c(OC)cncc2OC1(c1ccccc1)c1ccc(C#N)cc1.CNCCF. The number of alkyl halides is 1. The molecule has 4 rings (SSSR count). The lowest BCUT2D eigenvalue weighted by Crippen LogP contribution is -2.50. The van der Waals surface area contributed by atoms with E-state index >= 15 is 0 Å². The molecular weight excluding hydrogens is 433 g/mol. The molecule has 7 heteroatoms. The Morgan fingerprint density at radius 2 is 1.79 bits per heavy atom. The third-order valence-corrected chi connectivity index (χ3v) is 5.91. The molecule has 1 aromatic heterocycles. The van der Waals surface area contributed by atoms with Gasteiger partial charge in [0.2, 0.25) is 0 Å². The Kier molecular flexibility index (Phi) is 8.21. The maximum absolute atomic E-state index is 12.3. The quantitative estimate of drug-likeness (QED) is 0.538. The maximum atomic E-state index is 12.3. The van der Waals surface area contributed by atoms with Gasteiger partial charge in [-0.05, 0) is 25.6 Å². The topological polar surface area (TPSA) is 87.4 Å². The number of aliphatic hydroxyl groups is 1. The third kappa shape index (κ3) is 4.35. The summed E-state index contributed by atoms with van der Waals surface area (Å²) in [4.78, 5) is 4.23. The minimum atomic E-state index is -1.39. The summed E-state index contributed by atoms with van der Waals surface area (Å²) in [6.45, 7) is 2.23. The van der Waals surface area contributed by atoms with Crippen molar-refractivity contribution in [3.63, 3.8) is 0 Å². The van der Waals surface area contributed by atoms with E-state index in [0.29, 0.717) is 35.6 Å². The summed E-state index contributed by atoms with van der Waals surface area (Å²) in [6.07, 6.45) is 4.40. The second-order valence-corrected chi connectivity index (χ2v) is 7.96. The monoisotopic (exact) mass is 463 g/mol. The predicted octanol–water partition coefficient (Wildman–Crippen LogP) is 4.46. The summed E-state index contributed by atoms with van der Waals surface area (Å²) in [6, 6.07) is 19.0. The Hall–Kier alpha value is -3.47. The van der Waals surface area contributed by atoms with Crippen molar-refractivity contribution in [2.24, 2.45) is 0 Å². The second kappa shape index (κ2) is 11.1. The number of hydrogen-bond donors (Lipinski definition) is 2. The van der Waals surface area contributed by atoms with Crippen LogP contribution in [-0.4, -0.2) is 37.5 Å². The van der Waals surface area contributed by atoms with E-state index in [4.69, 9.17) is 9.47 Å². The molecule has 3 aromatic rings. The lowest BCUT2D eigenvalue weighted by atomic mass is 9.69. The number of aromatic nitrogens is 1. The van der Waals surface area contributed by atoms with Gasteiger partial charge >= 0.3 is 0 Å². The fourth-order valence-corrected chi connectivity index (χ4v) is 4.46. The average Bonchev–Trinajstić information content (AvgIpc) is 3.15. The first-order chi connectivity index (χ1) is 16.5. The van der Waals surface area contributed by atoms with Crippen LogP contribution in [0.2, 0.25) is 0 Å². The van der Waals surface area contributed by atoms with Crippen molar-refractivity contribution in [3.05, 3.63) is 89.2 Å². The van der Waals surface area contributed by atoms with E-state index in [2.05, 4.69) is 16.4 Å². The Morgan fingerprint density at radius 3 is 2.32 bits per heavy atom. The molecule has 2 heterocycles. The summed E-state index contributed by atoms with van der Waals surface area (Å²) < 4.78 is 23.1. The molecule has 2 aromatic carbocycles. The molecule has 0 fully saturated rings. The van der Waals surface area contributed by atoms with Crippen molar-refractivity contribution in [2.45, 2.75) is 31.0 Å². The minimum Gasteiger partial charge on any atom is -0.495 e. The molecule has 1 aliphatic heterocycles. The van der Waals surface area contributed by atoms with Crippen LogP contribution < -0.4 is 14.8 Å². The molecule has 0 bridgehead atoms. The van der Waals surface area contributed by atoms with E-state index < -0.39 is 11.2 Å². The minimum absolute atomic E-state index is 0.267. The lowest BCUT2D eigenvalue weighted by molar-refractivity contribution is -0.103. The van der Waals surface area contributed by atoms with Gasteiger partial charge < -0.3 is 19.9 Å². The van der Waals surface area contributed by atoms with Gasteiger partial charge in [0, 0.05) is 17.7 Å². The van der Waals surface area contributed by atoms with Crippen LogP contribution in [0, 0.1) is 11.3 Å². The van der Waals surface area contributed by atoms with Crippen molar-refractivity contribution in [1.29, 1.82) is 5.26 Å². The zero-order valence-corrected chi connectivity index (χ0v) is 19.7. The van der Waals surface area contributed by atoms with E-state index in [9.17, 15) is 14.8 Å². The normalized spacial score (nSPS) is 20.4. The van der Waals surface area contributed by atoms with Gasteiger partial charge in [-0.1, -0.05) is 55.8 Å². The molecule has 0 aliphatic carbocycles. The number of methoxy groups -OCH3 is 1. The molecule has 0 spiro atoms. The number of nitrogens with zero attached hydrogens (tertiary/aromatic N) is 2. The summed E-state index contributed by atoms with van der Waals surface area (Å²) in [5, 5.41) is 24.2. The number of pyridine rings is 1. The summed E-state index contributed by atoms with van der Waals surface area (Å²) >= 11 is 0. The highest BCUT2D eigenvalue weighted by molar-refractivity contribution is 5.58. The van der Waals surface area contributed by atoms with Gasteiger partial charge in [-0.25, -0.2) is 4.39 Å². The molecule has 2 N–H and O–H groups in total. The molecule has 0 saturated heterocycles. The van der Waals surface area contributed by atoms with Crippen LogP contribution in [0.25, 0.3) is 0 Å². The molecule has 2 atom stereocenters. The Bertz CT molecular complexity index is 1120. The van der Waals surface area contributed by atoms with Crippen LogP contribution in [0.15, 0.2) is 67.0 Å². The zero-order valence-electron chi connectivity index (χ0n) is 19.7. The molecule has 2 unspecified atom stereocenters. The van der Waals surface area contributed by atoms with Crippen LogP contribution >= 0.6 is 0 Å². The van der Waals surface area contributed by atoms with Gasteiger partial charge in [0.1, 0.15) is 23.8 Å². The van der Waals surface area contributed by atoms with E-state index in [-0.39, 0.29) is 6.67 Å². The fraction of sp³-hybridized carbons (Fsp3) is 0.333. The molecule has 0 amide bonds. The highest BCUT2D eigenvalue weighted by Crippen LogP contribution is 2.60. The molecule has 0 radical (unpaired) electrons. The van der Waals surface area contributed by atoms with Crippen molar-refractivity contribution >= 4 is 0 Å². The van der Waals surface area contributed by atoms with Crippen LogP contribution in [0.4, 0.5) is 4.39 Å². The fourth-order valence-electron chi connectivity index (χ4n) is 4.46. The highest BCUT2D eigenvalue weighted by atomic mass is 19.1. The van der Waals surface area contributed by atoms with Crippen LogP contribution in [0.3, 0.4) is 0 Å². The number of ether oxygens (including phenoxy) is 2. The number of fused-ring (bicyclic) bond motifs is 1. The molecule has 34 heavy (non-hydrogen) atoms. The molecule has 6 nitrogen and oxygen atoms in total. The number of nitrogens with one attached hydrogen (secondary N) is 1. The molecule has 1 aliphatic rings. The van der Waals surface area contributed by atoms with Crippen molar-refractivity contribution in [1.82, 2.24) is 10.3 Å². The van der Waals surface area contributed by atoms with Crippen LogP contribution in [-0.2, 0) is 11.2 Å². The van der Waals surface area contributed by atoms with Crippen molar-refractivity contribution in [3.8, 4) is 17.6 Å². The van der Waals surface area contributed by atoms with Gasteiger partial charge in [0.25, 0.3) is 0 Å². The van der Waals surface area contributed by atoms with Crippen molar-refractivity contribution in [2.75, 3.05) is 27.4 Å². The zero-order chi connectivity index (χ0) is 24.6. The third-order valence-electron chi connectivity index (χ3n) is 5.91. The Labute approximate surface area is 200 Å². The first kappa shape index (κ1) is 25.2. The van der Waals surface area contributed by atoms with Gasteiger partial charge in [0.15, 0.2) is 5.60 Å². The second-order valence-electron chi connectivity index (χ2n) is 7.96. The molecular formula is C27H30FN3O3. The smallest absolute Gasteiger partial charge is 0.192 e. The van der Waals surface area contributed by atoms with Gasteiger partial charge in [-0.15, -0.1) is 0 Å². The first-order valence-corrected chi connectivity index (χ1v) is 11.2. The molecule has 0 saturated carbocycles. The Morgan fingerprint density at radius 1 is 1.12 bits per heavy atom. The maximum Gasteiger partial charge on any atom is 0.192 e. The Balaban J connectivity index is 0.000000588. The highest BCUT2D eigenvalue weighted by Gasteiger charge is 2.62. The molecule has 178 valence electrons. The predicted molar refractivity (Wildman–Crippen MR) is 129 cm³/mol. The summed E-state index contributed by atoms with van der Waals surface area (Å²) in [7, 11) is 3.29. The van der Waals surface area contributed by atoms with Gasteiger partial charge in [-0.3, -0.25) is 4.98 Å². The number of hydrogen-bond acceptors (Lipinski definition) is 6. The van der Waals surface area contributed by atoms with Crippen LogP contribution in [0.5, 0.6) is 11.5 Å². The van der Waals surface area contributed by atoms with Crippen LogP contribution in [0.1, 0.15) is 42.0 Å². The first-order valence-electron chi connectivity index (χ1n) is 11.2. The lowest BCUT2D eigenvalue weighted by Gasteiger charge is -2.42. The standard InChI is InChI=1S/C24H22N2O3.C3H8FN/c1-3-13-23(27)22-20(28-2)15-26-16-21(22)29-24(23,18-7-5-4-6-8-18)19-11-9-17(14-25)10-12-19;1-5-3-2-4/h4-12,15-16,27H,3,13H2,1-2H3;5H,2-3H2,1H3. The van der Waals surface area contributed by atoms with Gasteiger partial charge in [-0.2, -0.15) is 5.26 Å². The van der Waals surface area contributed by atoms with E-state index in [1.807, 2.05) is 49.4 Å². The van der Waals surface area contributed by atoms with E-state index in [0.717, 1.165) is 17.5 Å². The largest absolute Gasteiger partial charge is 0.495 e. The average molecular weight is 464 g/mol. The summed E-state index contributed by atoms with van der Waals surface area (Å²) in [5.41, 5.74) is 0.143. The van der Waals surface area contributed by atoms with E-state index in [1.165, 1.54) is 0 Å². The van der Waals surface area contributed by atoms with E-state index in [1.54, 1.807) is 38.7 Å². The van der Waals surface area contributed by atoms with Crippen molar-refractivity contribution < 1.29 is 19.0 Å². The number of rotatable bonds is 7. The number of halogens is 1. The number of nitriles is 1. The summed E-state index contributed by atoms with van der Waals surface area (Å²) in [5.74, 6) is 0.985. The van der Waals surface area contributed by atoms with Gasteiger partial charge in [0.05, 0.1) is 36.7 Å².